The molecule has 0 radical (unpaired) electrons. The third-order valence-electron chi connectivity index (χ3n) is 4.20. The fraction of sp³-hybridized carbons (Fsp3) is 0.353. The van der Waals surface area contributed by atoms with Gasteiger partial charge in [0.2, 0.25) is 10.0 Å². The molecule has 1 aliphatic heterocycles. The minimum absolute atomic E-state index is 0.0651. The molecule has 0 spiro atoms. The van der Waals surface area contributed by atoms with Gasteiger partial charge in [-0.05, 0) is 30.2 Å². The number of amides is 1. The van der Waals surface area contributed by atoms with Crippen molar-refractivity contribution in [3.63, 3.8) is 0 Å². The highest BCUT2D eigenvalue weighted by Crippen LogP contribution is 2.21. The van der Waals surface area contributed by atoms with Crippen LogP contribution in [-0.4, -0.2) is 56.5 Å². The number of benzene rings is 1. The highest BCUT2D eigenvalue weighted by Gasteiger charge is 2.27. The lowest BCUT2D eigenvalue weighted by atomic mass is 10.1. The van der Waals surface area contributed by atoms with Crippen molar-refractivity contribution < 1.29 is 17.9 Å². The van der Waals surface area contributed by atoms with E-state index in [0.717, 1.165) is 5.56 Å². The maximum atomic E-state index is 12.6. The Labute approximate surface area is 167 Å². The summed E-state index contributed by atoms with van der Waals surface area (Å²) in [7, 11) is -3.64. The van der Waals surface area contributed by atoms with Crippen molar-refractivity contribution in [1.82, 2.24) is 14.6 Å². The molecular weight excluding hydrogens is 413 g/mol. The molecule has 2 aromatic rings. The van der Waals surface area contributed by atoms with E-state index in [0.29, 0.717) is 49.3 Å². The predicted molar refractivity (Wildman–Crippen MR) is 103 cm³/mol. The number of ether oxygens (including phenoxy) is 1. The number of morpholine rings is 1. The van der Waals surface area contributed by atoms with Crippen LogP contribution in [0.15, 0.2) is 35.4 Å². The third-order valence-corrected chi connectivity index (χ3v) is 6.67. The molecule has 2 heterocycles. The molecule has 1 amide bonds. The zero-order valence-corrected chi connectivity index (χ0v) is 16.7. The van der Waals surface area contributed by atoms with Gasteiger partial charge in [-0.25, -0.2) is 8.42 Å². The molecule has 27 heavy (non-hydrogen) atoms. The quantitative estimate of drug-likeness (QED) is 0.733. The fourth-order valence-corrected chi connectivity index (χ4v) is 4.63. The van der Waals surface area contributed by atoms with E-state index in [2.05, 4.69) is 10.3 Å². The molecule has 0 aliphatic carbocycles. The van der Waals surface area contributed by atoms with Crippen LogP contribution in [0.5, 0.6) is 0 Å². The first-order chi connectivity index (χ1) is 12.9. The second kappa shape index (κ2) is 8.62. The first kappa shape index (κ1) is 20.2. The summed E-state index contributed by atoms with van der Waals surface area (Å²) in [6, 6.07) is 6.53. The highest BCUT2D eigenvalue weighted by atomic mass is 35.5. The second-order valence-electron chi connectivity index (χ2n) is 6.01. The summed E-state index contributed by atoms with van der Waals surface area (Å²) in [5, 5.41) is 3.83. The maximum Gasteiger partial charge on any atom is 0.267 e. The van der Waals surface area contributed by atoms with Crippen molar-refractivity contribution in [3.8, 4) is 0 Å². The molecule has 0 unspecified atom stereocenters. The van der Waals surface area contributed by atoms with Crippen LogP contribution in [0.4, 0.5) is 0 Å². The van der Waals surface area contributed by atoms with Crippen LogP contribution >= 0.6 is 23.2 Å². The number of nitrogens with one attached hydrogen (secondary N) is 2. The molecular formula is C17H19Cl2N3O4S. The summed E-state index contributed by atoms with van der Waals surface area (Å²) in [6.07, 6.45) is 1.86. The minimum Gasteiger partial charge on any atom is -0.379 e. The standard InChI is InChI=1S/C17H19Cl2N3O4S/c18-13-2-1-12(15(19)9-13)3-4-20-17(23)16-10-14(11-21-16)27(24,25)22-5-7-26-8-6-22/h1-2,9-11,21H,3-8H2,(H,20,23). The molecule has 7 nitrogen and oxygen atoms in total. The van der Waals surface area contributed by atoms with Crippen LogP contribution in [0.2, 0.25) is 10.0 Å². The average molecular weight is 432 g/mol. The lowest BCUT2D eigenvalue weighted by molar-refractivity contribution is 0.0730. The molecule has 1 saturated heterocycles. The average Bonchev–Trinajstić information content (AvgIpc) is 3.15. The van der Waals surface area contributed by atoms with Gasteiger partial charge in [-0.1, -0.05) is 29.3 Å². The number of aromatic amines is 1. The van der Waals surface area contributed by atoms with Crippen LogP contribution < -0.4 is 5.32 Å². The van der Waals surface area contributed by atoms with Gasteiger partial charge in [0.25, 0.3) is 5.91 Å². The van der Waals surface area contributed by atoms with E-state index < -0.39 is 10.0 Å². The molecule has 1 aromatic carbocycles. The van der Waals surface area contributed by atoms with Gasteiger partial charge in [-0.3, -0.25) is 4.79 Å². The second-order valence-corrected chi connectivity index (χ2v) is 8.79. The predicted octanol–water partition coefficient (Wildman–Crippen LogP) is 2.31. The molecule has 0 atom stereocenters. The Balaban J connectivity index is 1.59. The summed E-state index contributed by atoms with van der Waals surface area (Å²) >= 11 is 12.0. The van der Waals surface area contributed by atoms with Crippen LogP contribution in [0.25, 0.3) is 0 Å². The van der Waals surface area contributed by atoms with Gasteiger partial charge < -0.3 is 15.0 Å². The number of nitrogens with zero attached hydrogens (tertiary/aromatic N) is 1. The van der Waals surface area contributed by atoms with E-state index in [4.69, 9.17) is 27.9 Å². The maximum absolute atomic E-state index is 12.6. The van der Waals surface area contributed by atoms with Crippen molar-refractivity contribution >= 4 is 39.1 Å². The number of halogens is 2. The van der Waals surface area contributed by atoms with Gasteiger partial charge in [0.1, 0.15) is 10.6 Å². The molecule has 0 bridgehead atoms. The summed E-state index contributed by atoms with van der Waals surface area (Å²) < 4.78 is 31.7. The lowest BCUT2D eigenvalue weighted by Crippen LogP contribution is -2.40. The number of sulfonamides is 1. The van der Waals surface area contributed by atoms with Gasteiger partial charge in [0.05, 0.1) is 13.2 Å². The lowest BCUT2D eigenvalue weighted by Gasteiger charge is -2.25. The number of carbonyl (C=O) groups is 1. The third kappa shape index (κ3) is 4.83. The van der Waals surface area contributed by atoms with E-state index >= 15 is 0 Å². The van der Waals surface area contributed by atoms with Crippen molar-refractivity contribution in [1.29, 1.82) is 0 Å². The first-order valence-corrected chi connectivity index (χ1v) is 10.6. The summed E-state index contributed by atoms with van der Waals surface area (Å²) in [5.41, 5.74) is 1.05. The van der Waals surface area contributed by atoms with E-state index in [1.807, 2.05) is 0 Å². The zero-order chi connectivity index (χ0) is 19.4. The Bertz CT molecular complexity index is 924. The number of rotatable bonds is 6. The SMILES string of the molecule is O=C(NCCc1ccc(Cl)cc1Cl)c1cc(S(=O)(=O)N2CCOCC2)c[nH]1. The Kier molecular flexibility index (Phi) is 6.44. The van der Waals surface area contributed by atoms with E-state index in [9.17, 15) is 13.2 Å². The Morgan fingerprint density at radius 1 is 1.22 bits per heavy atom. The Hall–Kier alpha value is -1.58. The van der Waals surface area contributed by atoms with Crippen LogP contribution in [-0.2, 0) is 21.2 Å². The number of hydrogen-bond donors (Lipinski definition) is 2. The Morgan fingerprint density at radius 2 is 1.96 bits per heavy atom. The van der Waals surface area contributed by atoms with Gasteiger partial charge in [-0.15, -0.1) is 0 Å². The smallest absolute Gasteiger partial charge is 0.267 e. The number of carbonyl (C=O) groups excluding carboxylic acids is 1. The minimum atomic E-state index is -3.64. The van der Waals surface area contributed by atoms with Gasteiger partial charge >= 0.3 is 0 Å². The summed E-state index contributed by atoms with van der Waals surface area (Å²) in [5.74, 6) is -0.386. The molecule has 3 rings (SSSR count). The largest absolute Gasteiger partial charge is 0.379 e. The molecule has 2 N–H and O–H groups in total. The van der Waals surface area contributed by atoms with Crippen LogP contribution in [0.1, 0.15) is 16.1 Å². The Morgan fingerprint density at radius 3 is 2.67 bits per heavy atom. The fourth-order valence-electron chi connectivity index (χ4n) is 2.72. The molecule has 0 saturated carbocycles. The number of aromatic nitrogens is 1. The molecule has 1 aromatic heterocycles. The summed E-state index contributed by atoms with van der Waals surface area (Å²) in [6.45, 7) is 1.69. The topological polar surface area (TPSA) is 91.5 Å². The molecule has 1 fully saturated rings. The van der Waals surface area contributed by atoms with Crippen LogP contribution in [0.3, 0.4) is 0 Å². The number of H-pyrrole nitrogens is 1. The van der Waals surface area contributed by atoms with Crippen molar-refractivity contribution in [2.24, 2.45) is 0 Å². The van der Waals surface area contributed by atoms with Crippen LogP contribution in [0, 0.1) is 0 Å². The van der Waals surface area contributed by atoms with Crippen molar-refractivity contribution in [2.75, 3.05) is 32.8 Å². The van der Waals surface area contributed by atoms with E-state index in [1.165, 1.54) is 16.6 Å². The highest BCUT2D eigenvalue weighted by molar-refractivity contribution is 7.89. The zero-order valence-electron chi connectivity index (χ0n) is 14.4. The van der Waals surface area contributed by atoms with Gasteiger partial charge in [0.15, 0.2) is 0 Å². The molecule has 10 heteroatoms. The van der Waals surface area contributed by atoms with E-state index in [1.54, 1.807) is 18.2 Å². The van der Waals surface area contributed by atoms with Gasteiger partial charge in [0, 0.05) is 35.9 Å². The monoisotopic (exact) mass is 431 g/mol. The molecule has 146 valence electrons. The van der Waals surface area contributed by atoms with Crippen molar-refractivity contribution in [2.45, 2.75) is 11.3 Å². The first-order valence-electron chi connectivity index (χ1n) is 8.36. The van der Waals surface area contributed by atoms with Crippen molar-refractivity contribution in [3.05, 3.63) is 51.8 Å². The van der Waals surface area contributed by atoms with Gasteiger partial charge in [-0.2, -0.15) is 4.31 Å². The summed E-state index contributed by atoms with van der Waals surface area (Å²) in [4.78, 5) is 15.1. The number of hydrogen-bond acceptors (Lipinski definition) is 4. The normalized spacial score (nSPS) is 15.6. The molecule has 1 aliphatic rings. The van der Waals surface area contributed by atoms with E-state index in [-0.39, 0.29) is 16.5 Å².